The monoisotopic (exact) mass is 747 g/mol. The summed E-state index contributed by atoms with van der Waals surface area (Å²) < 4.78 is 6.93. The molecule has 8 aromatic rings. The van der Waals surface area contributed by atoms with Crippen molar-refractivity contribution in [2.75, 3.05) is 44.2 Å². The molecule has 2 fully saturated rings. The molecule has 0 saturated carbocycles. The van der Waals surface area contributed by atoms with Gasteiger partial charge >= 0.3 is 0 Å². The van der Waals surface area contributed by atoms with Gasteiger partial charge in [-0.2, -0.15) is 10.2 Å². The molecule has 13 heteroatoms. The van der Waals surface area contributed by atoms with Crippen LogP contribution in [0.5, 0.6) is 0 Å². The number of benzene rings is 2. The summed E-state index contributed by atoms with van der Waals surface area (Å²) >= 11 is 0. The lowest BCUT2D eigenvalue weighted by Gasteiger charge is -2.29. The predicted octanol–water partition coefficient (Wildman–Crippen LogP) is 4.99. The lowest BCUT2D eigenvalue weighted by atomic mass is 9.91. The molecule has 10 rings (SSSR count). The van der Waals surface area contributed by atoms with Crippen molar-refractivity contribution in [3.8, 4) is 22.5 Å². The van der Waals surface area contributed by atoms with Crippen LogP contribution in [0.1, 0.15) is 35.4 Å². The van der Waals surface area contributed by atoms with E-state index in [2.05, 4.69) is 43.9 Å². The molecule has 0 atom stereocenters. The van der Waals surface area contributed by atoms with Gasteiger partial charge in [0, 0.05) is 99.1 Å². The summed E-state index contributed by atoms with van der Waals surface area (Å²) in [6.07, 6.45) is 10.1. The maximum atomic E-state index is 12.9. The average molecular weight is 748 g/mol. The van der Waals surface area contributed by atoms with Crippen LogP contribution in [-0.4, -0.2) is 77.6 Å². The number of hydrogen-bond donors (Lipinski definition) is 2. The number of fused-ring (bicyclic) bond motifs is 4. The highest BCUT2D eigenvalue weighted by Gasteiger charge is 2.17. The van der Waals surface area contributed by atoms with Gasteiger partial charge in [0.15, 0.2) is 0 Å². The molecule has 0 amide bonds. The molecule has 0 bridgehead atoms. The summed E-state index contributed by atoms with van der Waals surface area (Å²) in [6.45, 7) is 9.94. The Hall–Kier alpha value is -6.18. The van der Waals surface area contributed by atoms with Crippen molar-refractivity contribution in [3.63, 3.8) is 0 Å². The van der Waals surface area contributed by atoms with Crippen molar-refractivity contribution >= 4 is 38.8 Å². The lowest BCUT2D eigenvalue weighted by molar-refractivity contribution is 0.459. The maximum Gasteiger partial charge on any atom is 0.258 e. The largest absolute Gasteiger partial charge is 0.368 e. The minimum atomic E-state index is -0.0686. The van der Waals surface area contributed by atoms with Crippen molar-refractivity contribution < 1.29 is 0 Å². The van der Waals surface area contributed by atoms with E-state index in [1.807, 2.05) is 92.4 Å². The number of aromatic nitrogens is 8. The molecule has 8 heterocycles. The first-order valence-electron chi connectivity index (χ1n) is 19.3. The van der Waals surface area contributed by atoms with Crippen LogP contribution in [0, 0.1) is 13.8 Å². The van der Waals surface area contributed by atoms with Crippen LogP contribution in [0.4, 0.5) is 5.69 Å². The van der Waals surface area contributed by atoms with Crippen LogP contribution in [0.25, 0.3) is 55.6 Å². The van der Waals surface area contributed by atoms with Crippen molar-refractivity contribution in [2.45, 2.75) is 32.6 Å². The predicted molar refractivity (Wildman–Crippen MR) is 222 cm³/mol. The lowest BCUT2D eigenvalue weighted by Crippen LogP contribution is -2.43. The van der Waals surface area contributed by atoms with Gasteiger partial charge in [-0.05, 0) is 105 Å². The van der Waals surface area contributed by atoms with Crippen molar-refractivity contribution in [2.24, 2.45) is 14.1 Å². The molecule has 284 valence electrons. The number of piperidine rings is 1. The van der Waals surface area contributed by atoms with Gasteiger partial charge < -0.3 is 15.5 Å². The molecule has 0 spiro atoms. The highest BCUT2D eigenvalue weighted by molar-refractivity contribution is 5.87. The van der Waals surface area contributed by atoms with Gasteiger partial charge in [-0.15, -0.1) is 0 Å². The van der Waals surface area contributed by atoms with Crippen molar-refractivity contribution in [3.05, 3.63) is 123 Å². The Kier molecular flexibility index (Phi) is 9.18. The highest BCUT2D eigenvalue weighted by Crippen LogP contribution is 2.28. The molecule has 0 unspecified atom stereocenters. The van der Waals surface area contributed by atoms with Crippen molar-refractivity contribution in [1.82, 2.24) is 49.0 Å². The van der Waals surface area contributed by atoms with E-state index in [1.165, 1.54) is 5.56 Å². The summed E-state index contributed by atoms with van der Waals surface area (Å²) in [5, 5.41) is 17.8. The Morgan fingerprint density at radius 2 is 1.12 bits per heavy atom. The van der Waals surface area contributed by atoms with Gasteiger partial charge in [-0.25, -0.2) is 9.97 Å². The Bertz CT molecular complexity index is 2690. The molecule has 6 aromatic heterocycles. The van der Waals surface area contributed by atoms with Gasteiger partial charge in [-0.3, -0.25) is 27.8 Å². The highest BCUT2D eigenvalue weighted by atomic mass is 16.1. The van der Waals surface area contributed by atoms with E-state index in [0.29, 0.717) is 28.6 Å². The molecule has 0 radical (unpaired) electrons. The van der Waals surface area contributed by atoms with Gasteiger partial charge in [-0.1, -0.05) is 6.07 Å². The molecular formula is C43H45N11O2. The van der Waals surface area contributed by atoms with Crippen LogP contribution in [-0.2, 0) is 14.1 Å². The molecule has 2 aliphatic rings. The second kappa shape index (κ2) is 14.5. The second-order valence-corrected chi connectivity index (χ2v) is 15.1. The van der Waals surface area contributed by atoms with Gasteiger partial charge in [0.2, 0.25) is 0 Å². The number of piperazine rings is 1. The summed E-state index contributed by atoms with van der Waals surface area (Å²) in [6, 6.07) is 19.5. The summed E-state index contributed by atoms with van der Waals surface area (Å²) in [5.74, 6) is 0.507. The van der Waals surface area contributed by atoms with Crippen LogP contribution in [0.15, 0.2) is 95.0 Å². The third-order valence-electron chi connectivity index (χ3n) is 11.0. The Morgan fingerprint density at radius 3 is 1.70 bits per heavy atom. The Labute approximate surface area is 323 Å². The minimum Gasteiger partial charge on any atom is -0.368 e. The maximum absolute atomic E-state index is 12.9. The summed E-state index contributed by atoms with van der Waals surface area (Å²) in [4.78, 5) is 37.5. The average Bonchev–Trinajstić information content (AvgIpc) is 3.80. The Morgan fingerprint density at radius 1 is 0.607 bits per heavy atom. The number of hydrogen-bond acceptors (Lipinski definition) is 9. The number of nitrogens with one attached hydrogen (secondary N) is 2. The molecule has 0 aliphatic carbocycles. The standard InChI is InChI=1S/C22H23N5O.C21H22N6O/c1-14-9-17(10-18-12-26(2)25-22(14)18)19-11-21(28)27-13-16(3-4-20(27)24-19)15-5-7-23-8-6-15;1-14-9-15(10-16-12-25(2)24-21(14)16)18-11-20(28)27-13-17(3-4-19(27)23-18)26-7-5-22-6-8-26/h3-4,9-13,15,23H,5-8H2,1-2H3;3-4,9-13,22H,5-8H2,1-2H3. The molecular weight excluding hydrogens is 703 g/mol. The zero-order chi connectivity index (χ0) is 38.5. The third-order valence-corrected chi connectivity index (χ3v) is 11.0. The quantitative estimate of drug-likeness (QED) is 0.256. The molecule has 2 saturated heterocycles. The second-order valence-electron chi connectivity index (χ2n) is 15.1. The molecule has 13 nitrogen and oxygen atoms in total. The normalized spacial score (nSPS) is 15.2. The SMILES string of the molecule is Cc1cc(-c2cc(=O)n3cc(C4CCNCC4)ccc3n2)cc2cn(C)nc12.Cc1cc(-c2cc(=O)n3cc(N4CCNCC4)ccc3n2)cc2cn(C)nc12. The number of rotatable bonds is 4. The zero-order valence-electron chi connectivity index (χ0n) is 32.2. The zero-order valence-corrected chi connectivity index (χ0v) is 32.2. The topological polar surface area (TPSA) is 132 Å². The van der Waals surface area contributed by atoms with Crippen LogP contribution < -0.4 is 26.7 Å². The van der Waals surface area contributed by atoms with E-state index < -0.39 is 0 Å². The summed E-state index contributed by atoms with van der Waals surface area (Å²) in [5.41, 5.74) is 10.9. The van der Waals surface area contributed by atoms with E-state index in [-0.39, 0.29) is 11.1 Å². The molecule has 56 heavy (non-hydrogen) atoms. The van der Waals surface area contributed by atoms with Gasteiger partial charge in [0.25, 0.3) is 11.1 Å². The first-order valence-corrected chi connectivity index (χ1v) is 19.3. The van der Waals surface area contributed by atoms with Crippen LogP contribution in [0.3, 0.4) is 0 Å². The van der Waals surface area contributed by atoms with Gasteiger partial charge in [0.05, 0.1) is 28.1 Å². The molecule has 2 N–H and O–H groups in total. The smallest absolute Gasteiger partial charge is 0.258 e. The van der Waals surface area contributed by atoms with Crippen molar-refractivity contribution in [1.29, 1.82) is 0 Å². The fourth-order valence-corrected chi connectivity index (χ4v) is 8.17. The van der Waals surface area contributed by atoms with Gasteiger partial charge in [0.1, 0.15) is 11.3 Å². The minimum absolute atomic E-state index is 0.0419. The van der Waals surface area contributed by atoms with E-state index in [0.717, 1.165) is 102 Å². The number of aryl methyl sites for hydroxylation is 4. The van der Waals surface area contributed by atoms with E-state index >= 15 is 0 Å². The number of anilines is 1. The van der Waals surface area contributed by atoms with Crippen LogP contribution in [0.2, 0.25) is 0 Å². The first kappa shape index (κ1) is 35.5. The van der Waals surface area contributed by atoms with E-state index in [1.54, 1.807) is 20.9 Å². The van der Waals surface area contributed by atoms with E-state index in [9.17, 15) is 9.59 Å². The number of nitrogens with zero attached hydrogens (tertiary/aromatic N) is 9. The Balaban J connectivity index is 0.000000146. The molecule has 2 aliphatic heterocycles. The molecule has 2 aromatic carbocycles. The fourth-order valence-electron chi connectivity index (χ4n) is 8.17. The van der Waals surface area contributed by atoms with E-state index in [4.69, 9.17) is 9.97 Å². The first-order chi connectivity index (χ1) is 27.2. The third kappa shape index (κ3) is 6.84. The van der Waals surface area contributed by atoms with Crippen LogP contribution >= 0.6 is 0 Å². The number of pyridine rings is 2. The summed E-state index contributed by atoms with van der Waals surface area (Å²) in [7, 11) is 3.83. The fraction of sp³-hybridized carbons (Fsp3) is 0.302.